The Morgan fingerprint density at radius 1 is 1.80 bits per heavy atom. The molecule has 10 heavy (non-hydrogen) atoms. The first-order valence-corrected chi connectivity index (χ1v) is 3.13. The molecule has 1 rings (SSSR count). The van der Waals surface area contributed by atoms with E-state index in [-0.39, 0.29) is 18.8 Å². The summed E-state index contributed by atoms with van der Waals surface area (Å²) >= 11 is 0. The van der Waals surface area contributed by atoms with Crippen molar-refractivity contribution in [1.82, 2.24) is 0 Å². The molecule has 1 aliphatic carbocycles. The van der Waals surface area contributed by atoms with E-state index in [0.717, 1.165) is 0 Å². The van der Waals surface area contributed by atoms with E-state index >= 15 is 0 Å². The predicted molar refractivity (Wildman–Crippen MR) is 35.4 cm³/mol. The molecule has 0 amide bonds. The molecule has 1 unspecified atom stereocenters. The van der Waals surface area contributed by atoms with E-state index < -0.39 is 5.60 Å². The average Bonchev–Trinajstić information content (AvgIpc) is 2.05. The molecule has 2 N–H and O–H groups in total. The van der Waals surface area contributed by atoms with Gasteiger partial charge in [0.1, 0.15) is 0 Å². The fourth-order valence-electron chi connectivity index (χ4n) is 1.08. The summed E-state index contributed by atoms with van der Waals surface area (Å²) < 4.78 is 0. The highest BCUT2D eigenvalue weighted by molar-refractivity contribution is 5.99. The first-order valence-electron chi connectivity index (χ1n) is 3.13. The van der Waals surface area contributed by atoms with Crippen LogP contribution in [-0.2, 0) is 4.79 Å². The second-order valence-corrected chi connectivity index (χ2v) is 2.78. The highest BCUT2D eigenvalue weighted by Gasteiger charge is 2.31. The van der Waals surface area contributed by atoms with Crippen LogP contribution >= 0.6 is 0 Å². The van der Waals surface area contributed by atoms with Crippen LogP contribution in [0.1, 0.15) is 13.3 Å². The fraction of sp³-hybridized carbons (Fsp3) is 0.571. The lowest BCUT2D eigenvalue weighted by Gasteiger charge is -2.09. The molecule has 0 saturated carbocycles. The maximum Gasteiger partial charge on any atom is 0.164 e. The van der Waals surface area contributed by atoms with Crippen molar-refractivity contribution in [2.24, 2.45) is 0 Å². The topological polar surface area (TPSA) is 57.5 Å². The van der Waals surface area contributed by atoms with Gasteiger partial charge in [-0.3, -0.25) is 4.79 Å². The van der Waals surface area contributed by atoms with Crippen molar-refractivity contribution in [2.75, 3.05) is 6.61 Å². The molecular weight excluding hydrogens is 132 g/mol. The Hall–Kier alpha value is -0.670. The van der Waals surface area contributed by atoms with Crippen LogP contribution in [0.25, 0.3) is 0 Å². The second-order valence-electron chi connectivity index (χ2n) is 2.78. The number of hydrogen-bond acceptors (Lipinski definition) is 3. The minimum atomic E-state index is -1.03. The van der Waals surface area contributed by atoms with Gasteiger partial charge >= 0.3 is 0 Å². The Labute approximate surface area is 59.0 Å². The molecule has 0 radical (unpaired) electrons. The van der Waals surface area contributed by atoms with E-state index in [1.165, 1.54) is 6.08 Å². The van der Waals surface area contributed by atoms with Crippen molar-refractivity contribution < 1.29 is 15.0 Å². The van der Waals surface area contributed by atoms with Crippen LogP contribution in [0.5, 0.6) is 0 Å². The molecule has 3 nitrogen and oxygen atoms in total. The maximum atomic E-state index is 10.8. The summed E-state index contributed by atoms with van der Waals surface area (Å²) in [6, 6.07) is 0. The van der Waals surface area contributed by atoms with E-state index in [1.54, 1.807) is 6.92 Å². The van der Waals surface area contributed by atoms with Crippen molar-refractivity contribution in [3.63, 3.8) is 0 Å². The van der Waals surface area contributed by atoms with Crippen molar-refractivity contribution >= 4 is 5.78 Å². The molecule has 56 valence electrons. The third-order valence-corrected chi connectivity index (χ3v) is 1.53. The molecule has 0 aliphatic heterocycles. The summed E-state index contributed by atoms with van der Waals surface area (Å²) in [5.74, 6) is -0.160. The normalized spacial score (nSPS) is 32.7. The Balaban J connectivity index is 2.82. The van der Waals surface area contributed by atoms with E-state index in [1.807, 2.05) is 0 Å². The van der Waals surface area contributed by atoms with Crippen LogP contribution in [0.15, 0.2) is 11.6 Å². The number of hydrogen-bond donors (Lipinski definition) is 2. The van der Waals surface area contributed by atoms with Gasteiger partial charge in [-0.15, -0.1) is 0 Å². The van der Waals surface area contributed by atoms with Crippen molar-refractivity contribution in [3.05, 3.63) is 11.6 Å². The molecule has 0 aromatic heterocycles. The smallest absolute Gasteiger partial charge is 0.164 e. The SMILES string of the molecule is CC1(O)C=C(CO)C(=O)C1. The molecule has 0 fully saturated rings. The first kappa shape index (κ1) is 7.44. The zero-order chi connectivity index (χ0) is 7.78. The number of rotatable bonds is 1. The lowest BCUT2D eigenvalue weighted by atomic mass is 10.1. The lowest BCUT2D eigenvalue weighted by Crippen LogP contribution is -2.18. The molecular formula is C7H10O3. The van der Waals surface area contributed by atoms with Crippen LogP contribution in [0.2, 0.25) is 0 Å². The molecule has 0 heterocycles. The molecule has 3 heteroatoms. The lowest BCUT2D eigenvalue weighted by molar-refractivity contribution is -0.117. The third-order valence-electron chi connectivity index (χ3n) is 1.53. The van der Waals surface area contributed by atoms with Gasteiger partial charge in [0.05, 0.1) is 12.2 Å². The van der Waals surface area contributed by atoms with E-state index in [9.17, 15) is 9.90 Å². The first-order chi connectivity index (χ1) is 4.55. The van der Waals surface area contributed by atoms with Crippen molar-refractivity contribution in [1.29, 1.82) is 0 Å². The standard InChI is InChI=1S/C7H10O3/c1-7(10)2-5(4-8)6(9)3-7/h2,8,10H,3-4H2,1H3. The van der Waals surface area contributed by atoms with Gasteiger partial charge < -0.3 is 10.2 Å². The summed E-state index contributed by atoms with van der Waals surface area (Å²) in [5, 5.41) is 17.8. The molecule has 0 spiro atoms. The number of aliphatic hydroxyl groups excluding tert-OH is 1. The van der Waals surface area contributed by atoms with E-state index in [0.29, 0.717) is 5.57 Å². The Morgan fingerprint density at radius 3 is 2.60 bits per heavy atom. The van der Waals surface area contributed by atoms with E-state index in [4.69, 9.17) is 5.11 Å². The van der Waals surface area contributed by atoms with Gasteiger partial charge in [0.25, 0.3) is 0 Å². The van der Waals surface area contributed by atoms with Gasteiger partial charge in [0.15, 0.2) is 5.78 Å². The van der Waals surface area contributed by atoms with Gasteiger partial charge in [-0.1, -0.05) is 0 Å². The summed E-state index contributed by atoms with van der Waals surface area (Å²) in [6.07, 6.45) is 1.51. The summed E-state index contributed by atoms with van der Waals surface area (Å²) in [6.45, 7) is 1.28. The van der Waals surface area contributed by atoms with Crippen LogP contribution in [0.3, 0.4) is 0 Å². The Morgan fingerprint density at radius 2 is 2.40 bits per heavy atom. The molecule has 1 atom stereocenters. The van der Waals surface area contributed by atoms with Gasteiger partial charge in [-0.05, 0) is 13.0 Å². The van der Waals surface area contributed by atoms with Crippen LogP contribution in [-0.4, -0.2) is 28.2 Å². The zero-order valence-electron chi connectivity index (χ0n) is 5.79. The molecule has 0 aromatic carbocycles. The summed E-state index contributed by atoms with van der Waals surface area (Å²) in [7, 11) is 0. The van der Waals surface area contributed by atoms with E-state index in [2.05, 4.69) is 0 Å². The van der Waals surface area contributed by atoms with Crippen molar-refractivity contribution in [3.8, 4) is 0 Å². The number of aliphatic hydroxyl groups is 2. The highest BCUT2D eigenvalue weighted by Crippen LogP contribution is 2.23. The summed E-state index contributed by atoms with van der Waals surface area (Å²) in [5.41, 5.74) is -0.709. The Kier molecular flexibility index (Phi) is 1.62. The average molecular weight is 142 g/mol. The molecule has 0 aromatic rings. The predicted octanol–water partition coefficient (Wildman–Crippen LogP) is -0.371. The third kappa shape index (κ3) is 1.25. The number of carbonyl (C=O) groups is 1. The van der Waals surface area contributed by atoms with Gasteiger partial charge in [-0.25, -0.2) is 0 Å². The molecule has 0 saturated heterocycles. The number of Topliss-reactive ketones (excluding diaryl/α,β-unsaturated/α-hetero) is 1. The monoisotopic (exact) mass is 142 g/mol. The minimum Gasteiger partial charge on any atom is -0.392 e. The second kappa shape index (κ2) is 2.18. The van der Waals surface area contributed by atoms with Crippen LogP contribution in [0, 0.1) is 0 Å². The molecule has 0 bridgehead atoms. The Bertz CT molecular complexity index is 191. The molecule has 1 aliphatic rings. The highest BCUT2D eigenvalue weighted by atomic mass is 16.3. The summed E-state index contributed by atoms with van der Waals surface area (Å²) in [4.78, 5) is 10.8. The van der Waals surface area contributed by atoms with Crippen molar-refractivity contribution in [2.45, 2.75) is 18.9 Å². The number of carbonyl (C=O) groups excluding carboxylic acids is 1. The maximum absolute atomic E-state index is 10.8. The van der Waals surface area contributed by atoms with Gasteiger partial charge in [-0.2, -0.15) is 0 Å². The van der Waals surface area contributed by atoms with Crippen LogP contribution < -0.4 is 0 Å². The number of ketones is 1. The fourth-order valence-corrected chi connectivity index (χ4v) is 1.08. The van der Waals surface area contributed by atoms with Gasteiger partial charge in [0.2, 0.25) is 0 Å². The van der Waals surface area contributed by atoms with Crippen LogP contribution in [0.4, 0.5) is 0 Å². The quantitative estimate of drug-likeness (QED) is 0.525. The minimum absolute atomic E-state index is 0.100. The largest absolute Gasteiger partial charge is 0.392 e. The van der Waals surface area contributed by atoms with Gasteiger partial charge in [0, 0.05) is 12.0 Å². The zero-order valence-corrected chi connectivity index (χ0v) is 5.79.